The summed E-state index contributed by atoms with van der Waals surface area (Å²) in [6.07, 6.45) is -4.64. The second-order valence-electron chi connectivity index (χ2n) is 6.34. The number of benzene rings is 2. The highest BCUT2D eigenvalue weighted by Crippen LogP contribution is 2.38. The zero-order chi connectivity index (χ0) is 21.2. The van der Waals surface area contributed by atoms with E-state index in [1.807, 2.05) is 0 Å². The predicted octanol–water partition coefficient (Wildman–Crippen LogP) is 3.98. The molecule has 0 spiro atoms. The highest BCUT2D eigenvalue weighted by molar-refractivity contribution is 6.06. The Kier molecular flexibility index (Phi) is 5.49. The van der Waals surface area contributed by atoms with Gasteiger partial charge in [-0.1, -0.05) is 18.2 Å². The number of hydrogen-bond acceptors (Lipinski definition) is 3. The molecule has 1 aliphatic heterocycles. The smallest absolute Gasteiger partial charge is 0.416 e. The van der Waals surface area contributed by atoms with E-state index in [2.05, 4.69) is 16.0 Å². The molecule has 0 fully saturated rings. The summed E-state index contributed by atoms with van der Waals surface area (Å²) >= 11 is 0. The fourth-order valence-electron chi connectivity index (χ4n) is 3.11. The van der Waals surface area contributed by atoms with Gasteiger partial charge in [-0.3, -0.25) is 4.79 Å². The molecule has 3 amide bonds. The minimum atomic E-state index is -4.64. The normalized spacial score (nSPS) is 16.7. The van der Waals surface area contributed by atoms with Crippen LogP contribution in [0.5, 0.6) is 5.75 Å². The molecule has 3 N–H and O–H groups in total. The van der Waals surface area contributed by atoms with Gasteiger partial charge >= 0.3 is 12.2 Å². The highest BCUT2D eigenvalue weighted by Gasteiger charge is 2.39. The standard InChI is InChI=1S/C20H18F3N3O3/c1-11-16(18(27)25-12-7-9-13(29-2)10-8-12)17(26-19(28)24-11)14-5-3-4-6-15(14)20(21,22)23/h3-10,17H,1-2H3,(H,25,27)(H2,24,26,28)/t17-/m1/s1. The first-order valence-corrected chi connectivity index (χ1v) is 8.60. The molecule has 2 aromatic rings. The molecule has 3 rings (SSSR count). The molecule has 0 saturated carbocycles. The predicted molar refractivity (Wildman–Crippen MR) is 100 cm³/mol. The maximum atomic E-state index is 13.5. The van der Waals surface area contributed by atoms with Gasteiger partial charge in [0, 0.05) is 11.4 Å². The van der Waals surface area contributed by atoms with E-state index in [-0.39, 0.29) is 16.8 Å². The van der Waals surface area contributed by atoms with Gasteiger partial charge in [0.25, 0.3) is 5.91 Å². The van der Waals surface area contributed by atoms with Crippen LogP contribution in [0.3, 0.4) is 0 Å². The van der Waals surface area contributed by atoms with E-state index < -0.39 is 29.7 Å². The number of ether oxygens (including phenoxy) is 1. The fourth-order valence-corrected chi connectivity index (χ4v) is 3.11. The minimum absolute atomic E-state index is 0.0166. The Morgan fingerprint density at radius 1 is 1.10 bits per heavy atom. The number of carbonyl (C=O) groups is 2. The molecular weight excluding hydrogens is 387 g/mol. The van der Waals surface area contributed by atoms with Crippen LogP contribution in [0.15, 0.2) is 59.8 Å². The zero-order valence-corrected chi connectivity index (χ0v) is 15.6. The van der Waals surface area contributed by atoms with Gasteiger partial charge in [-0.25, -0.2) is 4.79 Å². The first-order valence-electron chi connectivity index (χ1n) is 8.60. The van der Waals surface area contributed by atoms with Crippen molar-refractivity contribution in [3.8, 4) is 5.75 Å². The lowest BCUT2D eigenvalue weighted by Crippen LogP contribution is -2.46. The molecule has 0 unspecified atom stereocenters. The summed E-state index contributed by atoms with van der Waals surface area (Å²) in [6.45, 7) is 1.46. The average Bonchev–Trinajstić information content (AvgIpc) is 2.67. The van der Waals surface area contributed by atoms with Gasteiger partial charge in [0.15, 0.2) is 0 Å². The number of nitrogens with one attached hydrogen (secondary N) is 3. The largest absolute Gasteiger partial charge is 0.497 e. The maximum absolute atomic E-state index is 13.5. The topological polar surface area (TPSA) is 79.5 Å². The van der Waals surface area contributed by atoms with Crippen molar-refractivity contribution in [2.45, 2.75) is 19.1 Å². The molecule has 1 aliphatic rings. The molecule has 0 saturated heterocycles. The number of amides is 3. The second kappa shape index (κ2) is 7.86. The van der Waals surface area contributed by atoms with E-state index in [9.17, 15) is 22.8 Å². The van der Waals surface area contributed by atoms with Crippen LogP contribution < -0.4 is 20.7 Å². The third-order valence-corrected chi connectivity index (χ3v) is 4.44. The van der Waals surface area contributed by atoms with Crippen molar-refractivity contribution in [2.24, 2.45) is 0 Å². The molecule has 1 atom stereocenters. The van der Waals surface area contributed by atoms with Gasteiger partial charge in [0.05, 0.1) is 24.3 Å². The number of anilines is 1. The third-order valence-electron chi connectivity index (χ3n) is 4.44. The second-order valence-corrected chi connectivity index (χ2v) is 6.34. The highest BCUT2D eigenvalue weighted by atomic mass is 19.4. The number of hydrogen-bond donors (Lipinski definition) is 3. The molecule has 1 heterocycles. The molecule has 152 valence electrons. The summed E-state index contributed by atoms with van der Waals surface area (Å²) in [5, 5.41) is 7.50. The molecule has 0 aromatic heterocycles. The Morgan fingerprint density at radius 2 is 1.76 bits per heavy atom. The number of methoxy groups -OCH3 is 1. The molecular formula is C20H18F3N3O3. The maximum Gasteiger partial charge on any atom is 0.416 e. The number of halogens is 3. The Morgan fingerprint density at radius 3 is 2.38 bits per heavy atom. The molecule has 9 heteroatoms. The summed E-state index contributed by atoms with van der Waals surface area (Å²) in [5.74, 6) is -0.0517. The van der Waals surface area contributed by atoms with Gasteiger partial charge in [-0.2, -0.15) is 13.2 Å². The molecule has 0 aliphatic carbocycles. The fraction of sp³-hybridized carbons (Fsp3) is 0.200. The van der Waals surface area contributed by atoms with Gasteiger partial charge in [-0.05, 0) is 42.8 Å². The van der Waals surface area contributed by atoms with Crippen molar-refractivity contribution in [1.29, 1.82) is 0 Å². The van der Waals surface area contributed by atoms with E-state index in [1.54, 1.807) is 24.3 Å². The van der Waals surface area contributed by atoms with Gasteiger partial charge < -0.3 is 20.7 Å². The molecule has 6 nitrogen and oxygen atoms in total. The Bertz CT molecular complexity index is 969. The van der Waals surface area contributed by atoms with Crippen molar-refractivity contribution in [3.63, 3.8) is 0 Å². The zero-order valence-electron chi connectivity index (χ0n) is 15.6. The summed E-state index contributed by atoms with van der Waals surface area (Å²) in [4.78, 5) is 24.8. The van der Waals surface area contributed by atoms with Gasteiger partial charge in [0.1, 0.15) is 5.75 Å². The van der Waals surface area contributed by atoms with Crippen LogP contribution in [-0.2, 0) is 11.0 Å². The Labute approximate surface area is 164 Å². The monoisotopic (exact) mass is 405 g/mol. The van der Waals surface area contributed by atoms with Gasteiger partial charge in [0.2, 0.25) is 0 Å². The van der Waals surface area contributed by atoms with Crippen LogP contribution in [0, 0.1) is 0 Å². The quantitative estimate of drug-likeness (QED) is 0.720. The van der Waals surface area contributed by atoms with Crippen LogP contribution in [0.4, 0.5) is 23.7 Å². The molecule has 0 bridgehead atoms. The van der Waals surface area contributed by atoms with E-state index in [0.717, 1.165) is 6.07 Å². The van der Waals surface area contributed by atoms with Crippen LogP contribution in [0.1, 0.15) is 24.1 Å². The van der Waals surface area contributed by atoms with Crippen molar-refractivity contribution in [2.75, 3.05) is 12.4 Å². The number of carbonyl (C=O) groups excluding carboxylic acids is 2. The molecule has 0 radical (unpaired) electrons. The van der Waals surface area contributed by atoms with E-state index in [0.29, 0.717) is 11.4 Å². The van der Waals surface area contributed by atoms with E-state index in [4.69, 9.17) is 4.74 Å². The number of alkyl halides is 3. The molecule has 29 heavy (non-hydrogen) atoms. The van der Waals surface area contributed by atoms with E-state index in [1.165, 1.54) is 32.2 Å². The summed E-state index contributed by atoms with van der Waals surface area (Å²) in [7, 11) is 1.50. The average molecular weight is 405 g/mol. The Balaban J connectivity index is 1.99. The lowest BCUT2D eigenvalue weighted by Gasteiger charge is -2.30. The van der Waals surface area contributed by atoms with Crippen molar-refractivity contribution >= 4 is 17.6 Å². The Hall–Kier alpha value is -3.49. The first-order chi connectivity index (χ1) is 13.7. The van der Waals surface area contributed by atoms with Crippen LogP contribution in [0.25, 0.3) is 0 Å². The van der Waals surface area contributed by atoms with Crippen LogP contribution in [0.2, 0.25) is 0 Å². The van der Waals surface area contributed by atoms with E-state index >= 15 is 0 Å². The first kappa shape index (κ1) is 20.2. The minimum Gasteiger partial charge on any atom is -0.497 e. The van der Waals surface area contributed by atoms with Crippen LogP contribution >= 0.6 is 0 Å². The summed E-state index contributed by atoms with van der Waals surface area (Å²) < 4.78 is 45.5. The number of urea groups is 1. The lowest BCUT2D eigenvalue weighted by atomic mass is 9.91. The summed E-state index contributed by atoms with van der Waals surface area (Å²) in [6, 6.07) is 9.34. The number of allylic oxidation sites excluding steroid dienone is 1. The third kappa shape index (κ3) is 4.34. The lowest BCUT2D eigenvalue weighted by molar-refractivity contribution is -0.138. The SMILES string of the molecule is COc1ccc(NC(=O)C2=C(C)NC(=O)N[C@@H]2c2ccccc2C(F)(F)F)cc1. The number of rotatable bonds is 4. The van der Waals surface area contributed by atoms with Crippen molar-refractivity contribution in [1.82, 2.24) is 10.6 Å². The van der Waals surface area contributed by atoms with Crippen molar-refractivity contribution in [3.05, 3.63) is 70.9 Å². The molecule has 2 aromatic carbocycles. The van der Waals surface area contributed by atoms with Crippen molar-refractivity contribution < 1.29 is 27.5 Å². The van der Waals surface area contributed by atoms with Crippen LogP contribution in [-0.4, -0.2) is 19.0 Å². The summed E-state index contributed by atoms with van der Waals surface area (Å²) in [5.41, 5.74) is -0.557. The van der Waals surface area contributed by atoms with Gasteiger partial charge in [-0.15, -0.1) is 0 Å².